The van der Waals surface area contributed by atoms with Crippen LogP contribution in [-0.4, -0.2) is 18.1 Å². The van der Waals surface area contributed by atoms with E-state index in [1.807, 2.05) is 0 Å². The zero-order valence-electron chi connectivity index (χ0n) is 12.9. The van der Waals surface area contributed by atoms with Gasteiger partial charge in [-0.15, -0.1) is 0 Å². The van der Waals surface area contributed by atoms with Crippen LogP contribution in [0.1, 0.15) is 52.5 Å². The maximum Gasteiger partial charge on any atom is 0.0414 e. The lowest BCUT2D eigenvalue weighted by Crippen LogP contribution is -2.52. The summed E-state index contributed by atoms with van der Waals surface area (Å²) in [6.45, 7) is 11.3. The first-order chi connectivity index (χ1) is 9.15. The molecule has 0 radical (unpaired) electrons. The number of fused-ring (bicyclic) bond motifs is 1. The van der Waals surface area contributed by atoms with Crippen molar-refractivity contribution >= 4 is 5.69 Å². The highest BCUT2D eigenvalue weighted by Crippen LogP contribution is 2.31. The number of nitrogens with one attached hydrogen (secondary N) is 1. The van der Waals surface area contributed by atoms with E-state index in [1.165, 1.54) is 30.5 Å². The number of hydrogen-bond donors (Lipinski definition) is 1. The second kappa shape index (κ2) is 5.96. The van der Waals surface area contributed by atoms with Crippen LogP contribution in [0.4, 0.5) is 5.69 Å². The fourth-order valence-corrected chi connectivity index (χ4v) is 3.03. The van der Waals surface area contributed by atoms with Crippen molar-refractivity contribution in [1.29, 1.82) is 0 Å². The Hall–Kier alpha value is -1.02. The number of hydrogen-bond acceptors (Lipinski definition) is 2. The highest BCUT2D eigenvalue weighted by atomic mass is 15.2. The second-order valence-corrected chi connectivity index (χ2v) is 5.85. The molecule has 0 bridgehead atoms. The van der Waals surface area contributed by atoms with Gasteiger partial charge in [-0.3, -0.25) is 0 Å². The molecule has 1 atom stereocenters. The normalized spacial score (nSPS) is 19.7. The predicted molar refractivity (Wildman–Crippen MR) is 83.7 cm³/mol. The van der Waals surface area contributed by atoms with Gasteiger partial charge in [0.2, 0.25) is 0 Å². The number of para-hydroxylation sites is 1. The van der Waals surface area contributed by atoms with Gasteiger partial charge >= 0.3 is 0 Å². The molecule has 1 aromatic rings. The number of rotatable bonds is 4. The maximum absolute atomic E-state index is 3.82. The molecule has 19 heavy (non-hydrogen) atoms. The van der Waals surface area contributed by atoms with E-state index in [4.69, 9.17) is 0 Å². The minimum absolute atomic E-state index is 0.252. The molecule has 0 amide bonds. The Morgan fingerprint density at radius 2 is 1.89 bits per heavy atom. The first kappa shape index (κ1) is 14.4. The van der Waals surface area contributed by atoms with Crippen LogP contribution >= 0.6 is 0 Å². The maximum atomic E-state index is 3.82. The molecule has 0 saturated carbocycles. The van der Waals surface area contributed by atoms with Crippen molar-refractivity contribution in [3.63, 3.8) is 0 Å². The Morgan fingerprint density at radius 3 is 2.53 bits per heavy atom. The van der Waals surface area contributed by atoms with Gasteiger partial charge in [-0.2, -0.15) is 0 Å². The summed E-state index contributed by atoms with van der Waals surface area (Å²) in [5.74, 6) is 0. The first-order valence-corrected chi connectivity index (χ1v) is 7.75. The number of nitrogens with zero attached hydrogens (tertiary/aromatic N) is 1. The molecule has 1 heterocycles. The van der Waals surface area contributed by atoms with Crippen LogP contribution in [-0.2, 0) is 6.54 Å². The molecule has 0 aromatic heterocycles. The van der Waals surface area contributed by atoms with Crippen molar-refractivity contribution in [3.05, 3.63) is 29.8 Å². The standard InChI is InChI=1S/C17H28N2/c1-5-14(4)19-13-17(6-2,7-3)18-12-15-10-8-9-11-16(15)19/h8-11,14,18H,5-7,12-13H2,1-4H3. The van der Waals surface area contributed by atoms with Crippen molar-refractivity contribution in [2.75, 3.05) is 11.4 Å². The summed E-state index contributed by atoms with van der Waals surface area (Å²) in [6, 6.07) is 9.46. The van der Waals surface area contributed by atoms with Crippen molar-refractivity contribution < 1.29 is 0 Å². The monoisotopic (exact) mass is 260 g/mol. The van der Waals surface area contributed by atoms with Gasteiger partial charge in [-0.05, 0) is 37.8 Å². The molecule has 1 aliphatic rings. The van der Waals surface area contributed by atoms with Crippen LogP contribution in [0.5, 0.6) is 0 Å². The van der Waals surface area contributed by atoms with E-state index in [-0.39, 0.29) is 5.54 Å². The molecule has 106 valence electrons. The highest BCUT2D eigenvalue weighted by Gasteiger charge is 2.33. The molecule has 1 unspecified atom stereocenters. The Morgan fingerprint density at radius 1 is 1.21 bits per heavy atom. The molecule has 1 aromatic carbocycles. The van der Waals surface area contributed by atoms with E-state index in [1.54, 1.807) is 0 Å². The van der Waals surface area contributed by atoms with E-state index in [0.717, 1.165) is 13.1 Å². The van der Waals surface area contributed by atoms with Crippen LogP contribution in [0.2, 0.25) is 0 Å². The lowest BCUT2D eigenvalue weighted by molar-refractivity contribution is 0.301. The van der Waals surface area contributed by atoms with Crippen LogP contribution in [0.25, 0.3) is 0 Å². The summed E-state index contributed by atoms with van der Waals surface area (Å²) < 4.78 is 0. The second-order valence-electron chi connectivity index (χ2n) is 5.85. The molecule has 2 rings (SSSR count). The third kappa shape index (κ3) is 2.79. The van der Waals surface area contributed by atoms with E-state index < -0.39 is 0 Å². The van der Waals surface area contributed by atoms with Crippen LogP contribution in [0.3, 0.4) is 0 Å². The van der Waals surface area contributed by atoms with E-state index >= 15 is 0 Å². The van der Waals surface area contributed by atoms with Gasteiger partial charge in [-0.25, -0.2) is 0 Å². The average Bonchev–Trinajstić information content (AvgIpc) is 2.64. The lowest BCUT2D eigenvalue weighted by atomic mass is 9.91. The third-order valence-corrected chi connectivity index (χ3v) is 4.90. The molecule has 0 fully saturated rings. The SMILES string of the molecule is CCC(C)N1CC(CC)(CC)NCc2ccccc21. The van der Waals surface area contributed by atoms with E-state index in [2.05, 4.69) is 62.2 Å². The Bertz CT molecular complexity index is 409. The zero-order chi connectivity index (χ0) is 13.9. The molecular weight excluding hydrogens is 232 g/mol. The van der Waals surface area contributed by atoms with Gasteiger partial charge < -0.3 is 10.2 Å². The molecule has 1 N–H and O–H groups in total. The summed E-state index contributed by atoms with van der Waals surface area (Å²) in [4.78, 5) is 2.61. The average molecular weight is 260 g/mol. The number of benzene rings is 1. The molecule has 0 aliphatic carbocycles. The van der Waals surface area contributed by atoms with Gasteiger partial charge in [0.15, 0.2) is 0 Å². The molecule has 1 aliphatic heterocycles. The summed E-state index contributed by atoms with van der Waals surface area (Å²) in [6.07, 6.45) is 3.56. The van der Waals surface area contributed by atoms with Crippen molar-refractivity contribution in [2.24, 2.45) is 0 Å². The van der Waals surface area contributed by atoms with Crippen LogP contribution < -0.4 is 10.2 Å². The van der Waals surface area contributed by atoms with Gasteiger partial charge in [0.05, 0.1) is 0 Å². The topological polar surface area (TPSA) is 15.3 Å². The molecule has 2 heteroatoms. The predicted octanol–water partition coefficient (Wildman–Crippen LogP) is 3.95. The highest BCUT2D eigenvalue weighted by molar-refractivity contribution is 5.55. The van der Waals surface area contributed by atoms with Gasteiger partial charge in [0.1, 0.15) is 0 Å². The van der Waals surface area contributed by atoms with Gasteiger partial charge in [-0.1, -0.05) is 39.0 Å². The molecule has 0 spiro atoms. The molecular formula is C17H28N2. The first-order valence-electron chi connectivity index (χ1n) is 7.75. The fourth-order valence-electron chi connectivity index (χ4n) is 3.03. The summed E-state index contributed by atoms with van der Waals surface area (Å²) >= 11 is 0. The quantitative estimate of drug-likeness (QED) is 0.881. The van der Waals surface area contributed by atoms with Crippen LogP contribution in [0.15, 0.2) is 24.3 Å². The van der Waals surface area contributed by atoms with Crippen molar-refractivity contribution in [2.45, 2.75) is 65.1 Å². The van der Waals surface area contributed by atoms with E-state index in [9.17, 15) is 0 Å². The third-order valence-electron chi connectivity index (χ3n) is 4.90. The summed E-state index contributed by atoms with van der Waals surface area (Å²) in [5.41, 5.74) is 3.11. The van der Waals surface area contributed by atoms with Crippen molar-refractivity contribution in [3.8, 4) is 0 Å². The largest absolute Gasteiger partial charge is 0.367 e. The smallest absolute Gasteiger partial charge is 0.0414 e. The van der Waals surface area contributed by atoms with Gasteiger partial charge in [0.25, 0.3) is 0 Å². The Labute approximate surface area is 118 Å². The Kier molecular flexibility index (Phi) is 4.51. The zero-order valence-corrected chi connectivity index (χ0v) is 12.9. The molecule has 2 nitrogen and oxygen atoms in total. The van der Waals surface area contributed by atoms with Crippen molar-refractivity contribution in [1.82, 2.24) is 5.32 Å². The van der Waals surface area contributed by atoms with Gasteiger partial charge in [0, 0.05) is 30.4 Å². The Balaban J connectivity index is 2.40. The fraction of sp³-hybridized carbons (Fsp3) is 0.647. The van der Waals surface area contributed by atoms with Crippen LogP contribution in [0, 0.1) is 0 Å². The number of anilines is 1. The minimum Gasteiger partial charge on any atom is -0.367 e. The van der Waals surface area contributed by atoms with E-state index in [0.29, 0.717) is 6.04 Å². The summed E-state index contributed by atoms with van der Waals surface area (Å²) in [7, 11) is 0. The summed E-state index contributed by atoms with van der Waals surface area (Å²) in [5, 5.41) is 3.82. The minimum atomic E-state index is 0.252. The molecule has 0 saturated heterocycles. The lowest BCUT2D eigenvalue weighted by Gasteiger charge is -2.39.